The maximum Gasteiger partial charge on any atom is 0.200 e. The highest BCUT2D eigenvalue weighted by Crippen LogP contribution is 2.34. The number of hydrogen-bond acceptors (Lipinski definition) is 4. The van der Waals surface area contributed by atoms with Gasteiger partial charge in [0.15, 0.2) is 0 Å². The second kappa shape index (κ2) is 6.25. The van der Waals surface area contributed by atoms with Gasteiger partial charge in [-0.3, -0.25) is 0 Å². The Hall–Kier alpha value is -1.00. The van der Waals surface area contributed by atoms with E-state index in [0.29, 0.717) is 5.92 Å². The monoisotopic (exact) mass is 250 g/mol. The summed E-state index contributed by atoms with van der Waals surface area (Å²) in [4.78, 5) is 9.02. The highest BCUT2D eigenvalue weighted by atomic mass is 16.7. The Morgan fingerprint density at radius 1 is 1.17 bits per heavy atom. The first kappa shape index (κ1) is 13.4. The van der Waals surface area contributed by atoms with Crippen molar-refractivity contribution in [1.82, 2.24) is 9.97 Å². The van der Waals surface area contributed by atoms with Crippen LogP contribution < -0.4 is 0 Å². The van der Waals surface area contributed by atoms with Crippen LogP contribution in [0.15, 0.2) is 12.3 Å². The minimum absolute atomic E-state index is 0.394. The summed E-state index contributed by atoms with van der Waals surface area (Å²) in [5.74, 6) is 2.28. The third-order valence-corrected chi connectivity index (χ3v) is 3.75. The molecule has 4 nitrogen and oxygen atoms in total. The van der Waals surface area contributed by atoms with Gasteiger partial charge < -0.3 is 9.47 Å². The van der Waals surface area contributed by atoms with E-state index in [1.54, 1.807) is 20.4 Å². The Balaban J connectivity index is 2.11. The third kappa shape index (κ3) is 3.06. The van der Waals surface area contributed by atoms with Crippen LogP contribution in [0, 0.1) is 5.92 Å². The maximum atomic E-state index is 5.23. The van der Waals surface area contributed by atoms with Crippen LogP contribution in [0.2, 0.25) is 0 Å². The van der Waals surface area contributed by atoms with Gasteiger partial charge in [-0.2, -0.15) is 0 Å². The number of nitrogens with zero attached hydrogens (tertiary/aromatic N) is 2. The highest BCUT2D eigenvalue weighted by molar-refractivity contribution is 5.07. The third-order valence-electron chi connectivity index (χ3n) is 3.75. The molecule has 0 aliphatic heterocycles. The van der Waals surface area contributed by atoms with Crippen molar-refractivity contribution in [3.8, 4) is 0 Å². The van der Waals surface area contributed by atoms with E-state index in [0.717, 1.165) is 17.4 Å². The Bertz CT molecular complexity index is 372. The number of hydrogen-bond donors (Lipinski definition) is 0. The zero-order valence-electron chi connectivity index (χ0n) is 11.4. The maximum absolute atomic E-state index is 5.23. The van der Waals surface area contributed by atoms with Crippen LogP contribution in [0.5, 0.6) is 0 Å². The number of aromatic nitrogens is 2. The zero-order chi connectivity index (χ0) is 13.0. The molecule has 100 valence electrons. The molecule has 0 amide bonds. The summed E-state index contributed by atoms with van der Waals surface area (Å²) in [6.45, 7) is 2.32. The van der Waals surface area contributed by atoms with Crippen molar-refractivity contribution in [2.24, 2.45) is 5.92 Å². The first-order valence-electron chi connectivity index (χ1n) is 6.63. The lowest BCUT2D eigenvalue weighted by Gasteiger charge is -2.25. The van der Waals surface area contributed by atoms with Crippen LogP contribution in [0.25, 0.3) is 0 Å². The molecule has 2 rings (SSSR count). The highest BCUT2D eigenvalue weighted by Gasteiger charge is 2.23. The molecule has 1 fully saturated rings. The van der Waals surface area contributed by atoms with Gasteiger partial charge in [0.25, 0.3) is 0 Å². The second-order valence-corrected chi connectivity index (χ2v) is 5.10. The average molecular weight is 250 g/mol. The fourth-order valence-electron chi connectivity index (χ4n) is 2.57. The molecule has 1 heterocycles. The molecule has 1 saturated carbocycles. The standard InChI is InChI=1S/C14H22N2O2/c1-10-4-6-11(7-5-10)13-15-9-8-12(16-13)14(17-2)18-3/h8-11,14H,4-7H2,1-3H3. The van der Waals surface area contributed by atoms with Crippen molar-refractivity contribution in [2.45, 2.75) is 44.8 Å². The van der Waals surface area contributed by atoms with Gasteiger partial charge in [-0.15, -0.1) is 0 Å². The zero-order valence-corrected chi connectivity index (χ0v) is 11.4. The van der Waals surface area contributed by atoms with Crippen molar-refractivity contribution in [1.29, 1.82) is 0 Å². The number of rotatable bonds is 4. The van der Waals surface area contributed by atoms with E-state index >= 15 is 0 Å². The summed E-state index contributed by atoms with van der Waals surface area (Å²) in [5.41, 5.74) is 0.809. The molecule has 0 aromatic carbocycles. The molecular formula is C14H22N2O2. The summed E-state index contributed by atoms with van der Waals surface area (Å²) in [5, 5.41) is 0. The number of ether oxygens (including phenoxy) is 2. The van der Waals surface area contributed by atoms with Crippen LogP contribution in [-0.4, -0.2) is 24.2 Å². The van der Waals surface area contributed by atoms with Gasteiger partial charge in [0.2, 0.25) is 6.29 Å². The molecule has 1 aliphatic rings. The van der Waals surface area contributed by atoms with Gasteiger partial charge >= 0.3 is 0 Å². The molecule has 1 aromatic rings. The second-order valence-electron chi connectivity index (χ2n) is 5.10. The fourth-order valence-corrected chi connectivity index (χ4v) is 2.57. The molecule has 4 heteroatoms. The first-order valence-corrected chi connectivity index (χ1v) is 6.63. The van der Waals surface area contributed by atoms with Gasteiger partial charge in [-0.25, -0.2) is 9.97 Å². The topological polar surface area (TPSA) is 44.2 Å². The van der Waals surface area contributed by atoms with Crippen LogP contribution in [0.3, 0.4) is 0 Å². The summed E-state index contributed by atoms with van der Waals surface area (Å²) in [6.07, 6.45) is 6.34. The lowest BCUT2D eigenvalue weighted by Crippen LogP contribution is -2.15. The Morgan fingerprint density at radius 2 is 1.83 bits per heavy atom. The Kier molecular flexibility index (Phi) is 4.66. The summed E-state index contributed by atoms with van der Waals surface area (Å²) < 4.78 is 10.5. The van der Waals surface area contributed by atoms with Crippen molar-refractivity contribution >= 4 is 0 Å². The van der Waals surface area contributed by atoms with E-state index in [-0.39, 0.29) is 0 Å². The Labute approximate surface area is 109 Å². The summed E-state index contributed by atoms with van der Waals surface area (Å²) >= 11 is 0. The van der Waals surface area contributed by atoms with Gasteiger partial charge in [0, 0.05) is 26.3 Å². The predicted molar refractivity (Wildman–Crippen MR) is 69.2 cm³/mol. The van der Waals surface area contributed by atoms with Crippen LogP contribution in [0.1, 0.15) is 56.3 Å². The molecular weight excluding hydrogens is 228 g/mol. The van der Waals surface area contributed by atoms with Crippen molar-refractivity contribution in [3.63, 3.8) is 0 Å². The van der Waals surface area contributed by atoms with Crippen LogP contribution in [0.4, 0.5) is 0 Å². The van der Waals surface area contributed by atoms with Crippen LogP contribution >= 0.6 is 0 Å². The lowest BCUT2D eigenvalue weighted by molar-refractivity contribution is -0.108. The van der Waals surface area contributed by atoms with Crippen LogP contribution in [-0.2, 0) is 9.47 Å². The van der Waals surface area contributed by atoms with Crippen molar-refractivity contribution < 1.29 is 9.47 Å². The first-order chi connectivity index (χ1) is 8.74. The normalized spacial score (nSPS) is 24.4. The molecule has 0 unspecified atom stereocenters. The quantitative estimate of drug-likeness (QED) is 0.770. The SMILES string of the molecule is COC(OC)c1ccnc(C2CCC(C)CC2)n1. The lowest BCUT2D eigenvalue weighted by atomic mass is 9.82. The molecule has 0 spiro atoms. The summed E-state index contributed by atoms with van der Waals surface area (Å²) in [7, 11) is 3.25. The minimum atomic E-state index is -0.394. The minimum Gasteiger partial charge on any atom is -0.350 e. The molecule has 0 N–H and O–H groups in total. The molecule has 0 atom stereocenters. The number of methoxy groups -OCH3 is 2. The smallest absolute Gasteiger partial charge is 0.200 e. The van der Waals surface area contributed by atoms with Gasteiger partial charge in [0.1, 0.15) is 5.82 Å². The van der Waals surface area contributed by atoms with E-state index in [1.165, 1.54) is 25.7 Å². The average Bonchev–Trinajstić information content (AvgIpc) is 2.41. The molecule has 0 radical (unpaired) electrons. The molecule has 0 saturated heterocycles. The van der Waals surface area contributed by atoms with E-state index in [4.69, 9.17) is 9.47 Å². The van der Waals surface area contributed by atoms with E-state index in [9.17, 15) is 0 Å². The van der Waals surface area contributed by atoms with Crippen molar-refractivity contribution in [2.75, 3.05) is 14.2 Å². The fraction of sp³-hybridized carbons (Fsp3) is 0.714. The van der Waals surface area contributed by atoms with Gasteiger partial charge in [0.05, 0.1) is 5.69 Å². The summed E-state index contributed by atoms with van der Waals surface area (Å²) in [6, 6.07) is 1.85. The van der Waals surface area contributed by atoms with E-state index in [1.807, 2.05) is 6.07 Å². The largest absolute Gasteiger partial charge is 0.350 e. The predicted octanol–water partition coefficient (Wildman–Crippen LogP) is 3.06. The van der Waals surface area contributed by atoms with Gasteiger partial charge in [-0.1, -0.05) is 19.8 Å². The molecule has 0 bridgehead atoms. The molecule has 1 aromatic heterocycles. The van der Waals surface area contributed by atoms with Crippen molar-refractivity contribution in [3.05, 3.63) is 23.8 Å². The van der Waals surface area contributed by atoms with E-state index in [2.05, 4.69) is 16.9 Å². The Morgan fingerprint density at radius 3 is 2.44 bits per heavy atom. The molecule has 18 heavy (non-hydrogen) atoms. The van der Waals surface area contributed by atoms with E-state index < -0.39 is 6.29 Å². The van der Waals surface area contributed by atoms with Gasteiger partial charge in [-0.05, 0) is 24.8 Å². The molecule has 1 aliphatic carbocycles.